The van der Waals surface area contributed by atoms with Crippen molar-refractivity contribution >= 4 is 15.7 Å². The van der Waals surface area contributed by atoms with Gasteiger partial charge in [0, 0.05) is 31.8 Å². The molecule has 0 saturated heterocycles. The van der Waals surface area contributed by atoms with Gasteiger partial charge in [0.2, 0.25) is 10.0 Å². The molecule has 0 spiro atoms. The summed E-state index contributed by atoms with van der Waals surface area (Å²) in [4.78, 5) is 10.0. The largest absolute Gasteiger partial charge is 0.327 e. The average molecular weight is 315 g/mol. The molecule has 2 N–H and O–H groups in total. The molecule has 21 heavy (non-hydrogen) atoms. The third-order valence-corrected chi connectivity index (χ3v) is 5.22. The number of sulfonamides is 1. The van der Waals surface area contributed by atoms with Crippen LogP contribution in [0.4, 0.5) is 5.69 Å². The highest BCUT2D eigenvalue weighted by atomic mass is 32.2. The molecule has 0 saturated carbocycles. The lowest BCUT2D eigenvalue weighted by Gasteiger charge is -2.21. The van der Waals surface area contributed by atoms with E-state index in [-0.39, 0.29) is 29.1 Å². The molecule has 0 aliphatic rings. The molecule has 0 aromatic heterocycles. The Morgan fingerprint density at radius 1 is 1.38 bits per heavy atom. The van der Waals surface area contributed by atoms with Gasteiger partial charge in [-0.1, -0.05) is 19.9 Å². The first-order valence-corrected chi connectivity index (χ1v) is 8.06. The Bertz CT molecular complexity index is 601. The molecule has 1 aromatic carbocycles. The molecular formula is C13H21N3O4S. The van der Waals surface area contributed by atoms with Crippen molar-refractivity contribution in [1.29, 1.82) is 0 Å². The average Bonchev–Trinajstić information content (AvgIpc) is 2.44. The van der Waals surface area contributed by atoms with Crippen LogP contribution in [0.15, 0.2) is 29.2 Å². The number of benzene rings is 1. The molecule has 0 aliphatic carbocycles. The Kier molecular flexibility index (Phi) is 5.82. The summed E-state index contributed by atoms with van der Waals surface area (Å²) < 4.78 is 25.9. The van der Waals surface area contributed by atoms with Crippen LogP contribution in [0.25, 0.3) is 0 Å². The summed E-state index contributed by atoms with van der Waals surface area (Å²) in [6, 6.07) is 4.94. The van der Waals surface area contributed by atoms with Gasteiger partial charge in [-0.2, -0.15) is 0 Å². The number of hydrogen-bond acceptors (Lipinski definition) is 5. The Morgan fingerprint density at radius 3 is 2.52 bits per heavy atom. The highest BCUT2D eigenvalue weighted by Crippen LogP contribution is 2.20. The van der Waals surface area contributed by atoms with Crippen LogP contribution in [-0.4, -0.2) is 37.3 Å². The standard InChI is InChI=1S/C13H21N3O4S/c1-10(2)13(14)7-8-15(3)21(19,20)12-6-4-5-11(9-12)16(17)18/h4-6,9-10,13H,7-8,14H2,1-3H3. The minimum Gasteiger partial charge on any atom is -0.327 e. The quantitative estimate of drug-likeness (QED) is 0.607. The summed E-state index contributed by atoms with van der Waals surface area (Å²) in [6.45, 7) is 4.21. The maximum Gasteiger partial charge on any atom is 0.270 e. The lowest BCUT2D eigenvalue weighted by molar-refractivity contribution is -0.385. The van der Waals surface area contributed by atoms with Gasteiger partial charge < -0.3 is 5.73 Å². The van der Waals surface area contributed by atoms with Crippen molar-refractivity contribution < 1.29 is 13.3 Å². The van der Waals surface area contributed by atoms with Crippen LogP contribution in [0.5, 0.6) is 0 Å². The van der Waals surface area contributed by atoms with Crippen LogP contribution < -0.4 is 5.73 Å². The Hall–Kier alpha value is -1.51. The molecule has 0 bridgehead atoms. The fraction of sp³-hybridized carbons (Fsp3) is 0.538. The number of nitrogens with two attached hydrogens (primary N) is 1. The van der Waals surface area contributed by atoms with E-state index in [2.05, 4.69) is 0 Å². The second kappa shape index (κ2) is 6.97. The van der Waals surface area contributed by atoms with Crippen LogP contribution >= 0.6 is 0 Å². The van der Waals surface area contributed by atoms with Gasteiger partial charge in [0.05, 0.1) is 9.82 Å². The molecule has 7 nitrogen and oxygen atoms in total. The van der Waals surface area contributed by atoms with E-state index in [4.69, 9.17) is 5.73 Å². The van der Waals surface area contributed by atoms with E-state index in [1.165, 1.54) is 29.6 Å². The fourth-order valence-corrected chi connectivity index (χ4v) is 2.95. The van der Waals surface area contributed by atoms with Crippen molar-refractivity contribution in [3.8, 4) is 0 Å². The summed E-state index contributed by atoms with van der Waals surface area (Å²) in [6.07, 6.45) is 0.530. The third kappa shape index (κ3) is 4.48. The van der Waals surface area contributed by atoms with Gasteiger partial charge in [0.15, 0.2) is 0 Å². The van der Waals surface area contributed by atoms with Crippen LogP contribution in [0.2, 0.25) is 0 Å². The van der Waals surface area contributed by atoms with E-state index in [9.17, 15) is 18.5 Å². The van der Waals surface area contributed by atoms with Gasteiger partial charge >= 0.3 is 0 Å². The molecule has 1 aromatic rings. The lowest BCUT2D eigenvalue weighted by Crippen LogP contribution is -2.34. The van der Waals surface area contributed by atoms with Gasteiger partial charge in [-0.15, -0.1) is 0 Å². The molecule has 118 valence electrons. The van der Waals surface area contributed by atoms with Crippen molar-refractivity contribution in [1.82, 2.24) is 4.31 Å². The minimum atomic E-state index is -3.74. The van der Waals surface area contributed by atoms with E-state index in [0.717, 1.165) is 6.07 Å². The Labute approximate surface area is 124 Å². The summed E-state index contributed by atoms with van der Waals surface area (Å²) in [7, 11) is -2.30. The Balaban J connectivity index is 2.90. The monoisotopic (exact) mass is 315 g/mol. The normalized spacial score (nSPS) is 13.6. The van der Waals surface area contributed by atoms with E-state index in [1.54, 1.807) is 0 Å². The number of nitro groups is 1. The first-order chi connectivity index (χ1) is 9.66. The summed E-state index contributed by atoms with van der Waals surface area (Å²) >= 11 is 0. The van der Waals surface area contributed by atoms with Crippen molar-refractivity contribution in [2.45, 2.75) is 31.2 Å². The van der Waals surface area contributed by atoms with Crippen LogP contribution in [0.1, 0.15) is 20.3 Å². The first-order valence-electron chi connectivity index (χ1n) is 6.62. The van der Waals surface area contributed by atoms with Gasteiger partial charge in [-0.25, -0.2) is 12.7 Å². The topological polar surface area (TPSA) is 107 Å². The number of hydrogen-bond donors (Lipinski definition) is 1. The first kappa shape index (κ1) is 17.5. The summed E-state index contributed by atoms with van der Waals surface area (Å²) in [5, 5.41) is 10.7. The van der Waals surface area contributed by atoms with Gasteiger partial charge in [-0.05, 0) is 18.4 Å². The van der Waals surface area contributed by atoms with Crippen LogP contribution in [0.3, 0.4) is 0 Å². The van der Waals surface area contributed by atoms with Crippen molar-refractivity contribution in [3.05, 3.63) is 34.4 Å². The van der Waals surface area contributed by atoms with E-state index < -0.39 is 14.9 Å². The smallest absolute Gasteiger partial charge is 0.270 e. The van der Waals surface area contributed by atoms with Gasteiger partial charge in [0.1, 0.15) is 0 Å². The maximum atomic E-state index is 12.4. The van der Waals surface area contributed by atoms with E-state index >= 15 is 0 Å². The zero-order valence-electron chi connectivity index (χ0n) is 12.4. The van der Waals surface area contributed by atoms with Crippen LogP contribution in [0, 0.1) is 16.0 Å². The predicted molar refractivity (Wildman–Crippen MR) is 80.3 cm³/mol. The molecule has 0 fully saturated rings. The molecule has 1 rings (SSSR count). The zero-order chi connectivity index (χ0) is 16.2. The minimum absolute atomic E-state index is 0.0858. The third-order valence-electron chi connectivity index (χ3n) is 3.37. The number of nitrogens with zero attached hydrogens (tertiary/aromatic N) is 2. The second-order valence-corrected chi connectivity index (χ2v) is 7.32. The highest BCUT2D eigenvalue weighted by Gasteiger charge is 2.23. The summed E-state index contributed by atoms with van der Waals surface area (Å²) in [5.74, 6) is 0.263. The van der Waals surface area contributed by atoms with E-state index in [1.807, 2.05) is 13.8 Å². The van der Waals surface area contributed by atoms with Crippen molar-refractivity contribution in [3.63, 3.8) is 0 Å². The number of nitro benzene ring substituents is 1. The molecule has 1 atom stereocenters. The number of rotatable bonds is 7. The van der Waals surface area contributed by atoms with E-state index in [0.29, 0.717) is 6.42 Å². The molecule has 0 aliphatic heterocycles. The van der Waals surface area contributed by atoms with Crippen LogP contribution in [-0.2, 0) is 10.0 Å². The molecule has 0 amide bonds. The van der Waals surface area contributed by atoms with Crippen molar-refractivity contribution in [2.75, 3.05) is 13.6 Å². The molecule has 1 unspecified atom stereocenters. The van der Waals surface area contributed by atoms with Crippen molar-refractivity contribution in [2.24, 2.45) is 11.7 Å². The molecule has 0 radical (unpaired) electrons. The molecular weight excluding hydrogens is 294 g/mol. The summed E-state index contributed by atoms with van der Waals surface area (Å²) in [5.41, 5.74) is 5.65. The molecule has 8 heteroatoms. The Morgan fingerprint density at radius 2 is 2.00 bits per heavy atom. The lowest BCUT2D eigenvalue weighted by atomic mass is 10.0. The molecule has 0 heterocycles. The second-order valence-electron chi connectivity index (χ2n) is 5.28. The predicted octanol–water partition coefficient (Wildman–Crippen LogP) is 1.59. The zero-order valence-corrected chi connectivity index (χ0v) is 13.2. The van der Waals surface area contributed by atoms with Gasteiger partial charge in [-0.3, -0.25) is 10.1 Å². The SMILES string of the molecule is CC(C)C(N)CCN(C)S(=O)(=O)c1cccc([N+](=O)[O-])c1. The maximum absolute atomic E-state index is 12.4. The fourth-order valence-electron chi connectivity index (χ4n) is 1.72. The highest BCUT2D eigenvalue weighted by molar-refractivity contribution is 7.89. The van der Waals surface area contributed by atoms with Gasteiger partial charge in [0.25, 0.3) is 5.69 Å². The number of non-ortho nitro benzene ring substituents is 1.